The third-order valence-electron chi connectivity index (χ3n) is 2.44. The zero-order valence-electron chi connectivity index (χ0n) is 10.3. The molecule has 0 heterocycles. The molecule has 6 heteroatoms. The van der Waals surface area contributed by atoms with E-state index in [0.29, 0.717) is 13.0 Å². The molecule has 0 saturated carbocycles. The molecule has 0 unspecified atom stereocenters. The van der Waals surface area contributed by atoms with Crippen LogP contribution in [0.3, 0.4) is 0 Å². The summed E-state index contributed by atoms with van der Waals surface area (Å²) < 4.78 is 26.0. The summed E-state index contributed by atoms with van der Waals surface area (Å²) in [5, 5.41) is 9.31. The van der Waals surface area contributed by atoms with Gasteiger partial charge in [-0.3, -0.25) is 0 Å². The number of nitrogens with two attached hydrogens (primary N) is 1. The molecule has 0 aliphatic carbocycles. The molecule has 5 nitrogen and oxygen atoms in total. The standard InChI is InChI=1S/C12H18N2O3S/c1-3-7-14(8-4-2)18(16,17)10-5-6-12(15)11(13)9-10/h3,5-6,9,15H,1,4,7-8,13H2,2H3. The summed E-state index contributed by atoms with van der Waals surface area (Å²) in [6.07, 6.45) is 2.25. The van der Waals surface area contributed by atoms with E-state index in [-0.39, 0.29) is 22.9 Å². The van der Waals surface area contributed by atoms with E-state index in [0.717, 1.165) is 0 Å². The lowest BCUT2D eigenvalue weighted by molar-refractivity contribution is 0.441. The molecule has 0 aromatic heterocycles. The highest BCUT2D eigenvalue weighted by Crippen LogP contribution is 2.25. The Labute approximate surface area is 108 Å². The molecule has 18 heavy (non-hydrogen) atoms. The summed E-state index contributed by atoms with van der Waals surface area (Å²) in [7, 11) is -3.59. The fourth-order valence-electron chi connectivity index (χ4n) is 1.55. The zero-order chi connectivity index (χ0) is 13.8. The number of hydrogen-bond acceptors (Lipinski definition) is 4. The molecule has 3 N–H and O–H groups in total. The second kappa shape index (κ2) is 5.88. The van der Waals surface area contributed by atoms with Gasteiger partial charge in [0.2, 0.25) is 10.0 Å². The number of nitrogens with zero attached hydrogens (tertiary/aromatic N) is 1. The molecule has 0 amide bonds. The monoisotopic (exact) mass is 270 g/mol. The Kier molecular flexibility index (Phi) is 4.75. The molecule has 0 fully saturated rings. The Balaban J connectivity index is 3.17. The van der Waals surface area contributed by atoms with Crippen LogP contribution in [0.1, 0.15) is 13.3 Å². The van der Waals surface area contributed by atoms with Crippen LogP contribution in [-0.2, 0) is 10.0 Å². The van der Waals surface area contributed by atoms with Gasteiger partial charge in [0.15, 0.2) is 0 Å². The van der Waals surface area contributed by atoms with Crippen LogP contribution < -0.4 is 5.73 Å². The van der Waals surface area contributed by atoms with E-state index in [2.05, 4.69) is 6.58 Å². The molecule has 0 aliphatic rings. The molecule has 1 rings (SSSR count). The first kappa shape index (κ1) is 14.5. The van der Waals surface area contributed by atoms with E-state index >= 15 is 0 Å². The molecule has 0 bridgehead atoms. The number of phenolic OH excluding ortho intramolecular Hbond substituents is 1. The van der Waals surface area contributed by atoms with Crippen LogP contribution >= 0.6 is 0 Å². The van der Waals surface area contributed by atoms with Gasteiger partial charge < -0.3 is 10.8 Å². The fourth-order valence-corrected chi connectivity index (χ4v) is 3.08. The number of rotatable bonds is 6. The maximum Gasteiger partial charge on any atom is 0.243 e. The second-order valence-electron chi connectivity index (χ2n) is 3.87. The minimum atomic E-state index is -3.59. The summed E-state index contributed by atoms with van der Waals surface area (Å²) in [5.74, 6) is -0.125. The van der Waals surface area contributed by atoms with E-state index in [1.807, 2.05) is 6.92 Å². The minimum absolute atomic E-state index is 0.0473. The molecular formula is C12H18N2O3S. The van der Waals surface area contributed by atoms with Gasteiger partial charge in [-0.25, -0.2) is 8.42 Å². The van der Waals surface area contributed by atoms with Crippen molar-refractivity contribution >= 4 is 15.7 Å². The molecule has 1 aromatic carbocycles. The van der Waals surface area contributed by atoms with Crippen molar-refractivity contribution in [3.05, 3.63) is 30.9 Å². The van der Waals surface area contributed by atoms with E-state index in [1.54, 1.807) is 0 Å². The van der Waals surface area contributed by atoms with Gasteiger partial charge in [-0.1, -0.05) is 13.0 Å². The van der Waals surface area contributed by atoms with Crippen LogP contribution in [0.25, 0.3) is 0 Å². The number of phenols is 1. The summed E-state index contributed by atoms with van der Waals surface area (Å²) in [4.78, 5) is 0.0769. The quantitative estimate of drug-likeness (QED) is 0.467. The van der Waals surface area contributed by atoms with Gasteiger partial charge in [0.1, 0.15) is 5.75 Å². The van der Waals surface area contributed by atoms with Gasteiger partial charge >= 0.3 is 0 Å². The molecule has 1 aromatic rings. The van der Waals surface area contributed by atoms with Crippen molar-refractivity contribution < 1.29 is 13.5 Å². The molecule has 0 aliphatic heterocycles. The molecule has 0 saturated heterocycles. The van der Waals surface area contributed by atoms with Gasteiger partial charge in [0, 0.05) is 13.1 Å². The predicted molar refractivity (Wildman–Crippen MR) is 71.8 cm³/mol. The Hall–Kier alpha value is -1.53. The number of nitrogen functional groups attached to an aromatic ring is 1. The average Bonchev–Trinajstić information content (AvgIpc) is 2.32. The van der Waals surface area contributed by atoms with Gasteiger partial charge in [-0.05, 0) is 24.6 Å². The highest BCUT2D eigenvalue weighted by atomic mass is 32.2. The van der Waals surface area contributed by atoms with Crippen molar-refractivity contribution in [3.63, 3.8) is 0 Å². The van der Waals surface area contributed by atoms with Crippen LogP contribution in [0.2, 0.25) is 0 Å². The molecule has 0 radical (unpaired) electrons. The van der Waals surface area contributed by atoms with E-state index in [1.165, 1.54) is 28.6 Å². The summed E-state index contributed by atoms with van der Waals surface area (Å²) in [6, 6.07) is 3.88. The van der Waals surface area contributed by atoms with E-state index < -0.39 is 10.0 Å². The van der Waals surface area contributed by atoms with Crippen LogP contribution in [-0.4, -0.2) is 30.9 Å². The topological polar surface area (TPSA) is 83.6 Å². The van der Waals surface area contributed by atoms with E-state index in [4.69, 9.17) is 5.73 Å². The highest BCUT2D eigenvalue weighted by Gasteiger charge is 2.23. The lowest BCUT2D eigenvalue weighted by atomic mass is 10.3. The Morgan fingerprint density at radius 1 is 1.50 bits per heavy atom. The number of aromatic hydroxyl groups is 1. The minimum Gasteiger partial charge on any atom is -0.506 e. The average molecular weight is 270 g/mol. The van der Waals surface area contributed by atoms with Crippen molar-refractivity contribution in [2.45, 2.75) is 18.2 Å². The Bertz CT molecular complexity index is 526. The third kappa shape index (κ3) is 3.02. The normalized spacial score (nSPS) is 11.7. The van der Waals surface area contributed by atoms with Crippen molar-refractivity contribution in [1.82, 2.24) is 4.31 Å². The lowest BCUT2D eigenvalue weighted by Gasteiger charge is -2.20. The van der Waals surface area contributed by atoms with Crippen LogP contribution in [0.15, 0.2) is 35.7 Å². The van der Waals surface area contributed by atoms with Gasteiger partial charge in [-0.2, -0.15) is 4.31 Å². The molecule has 0 atom stereocenters. The highest BCUT2D eigenvalue weighted by molar-refractivity contribution is 7.89. The van der Waals surface area contributed by atoms with Gasteiger partial charge in [-0.15, -0.1) is 6.58 Å². The zero-order valence-corrected chi connectivity index (χ0v) is 11.2. The molecular weight excluding hydrogens is 252 g/mol. The van der Waals surface area contributed by atoms with Crippen LogP contribution in [0.5, 0.6) is 5.75 Å². The summed E-state index contributed by atoms with van der Waals surface area (Å²) >= 11 is 0. The van der Waals surface area contributed by atoms with Crippen LogP contribution in [0.4, 0.5) is 5.69 Å². The first-order valence-electron chi connectivity index (χ1n) is 5.63. The lowest BCUT2D eigenvalue weighted by Crippen LogP contribution is -2.32. The number of anilines is 1. The summed E-state index contributed by atoms with van der Waals surface area (Å²) in [6.45, 7) is 6.11. The van der Waals surface area contributed by atoms with Crippen molar-refractivity contribution in [2.24, 2.45) is 0 Å². The number of hydrogen-bond donors (Lipinski definition) is 2. The first-order chi connectivity index (χ1) is 8.43. The third-order valence-corrected chi connectivity index (χ3v) is 4.30. The van der Waals surface area contributed by atoms with E-state index in [9.17, 15) is 13.5 Å². The first-order valence-corrected chi connectivity index (χ1v) is 7.07. The summed E-state index contributed by atoms with van der Waals surface area (Å²) in [5.41, 5.74) is 5.56. The van der Waals surface area contributed by atoms with Crippen molar-refractivity contribution in [2.75, 3.05) is 18.8 Å². The van der Waals surface area contributed by atoms with Crippen molar-refractivity contribution in [3.8, 4) is 5.75 Å². The predicted octanol–water partition coefficient (Wildman–Crippen LogP) is 1.56. The van der Waals surface area contributed by atoms with Gasteiger partial charge in [0.05, 0.1) is 10.6 Å². The molecule has 0 spiro atoms. The SMILES string of the molecule is C=CCN(CCC)S(=O)(=O)c1ccc(O)c(N)c1. The Morgan fingerprint density at radius 3 is 2.67 bits per heavy atom. The van der Waals surface area contributed by atoms with Crippen LogP contribution in [0, 0.1) is 0 Å². The van der Waals surface area contributed by atoms with Crippen molar-refractivity contribution in [1.29, 1.82) is 0 Å². The maximum absolute atomic E-state index is 12.3. The van der Waals surface area contributed by atoms with Gasteiger partial charge in [0.25, 0.3) is 0 Å². The Morgan fingerprint density at radius 2 is 2.17 bits per heavy atom. The second-order valence-corrected chi connectivity index (χ2v) is 5.81. The number of sulfonamides is 1. The smallest absolute Gasteiger partial charge is 0.243 e. The maximum atomic E-state index is 12.3. The largest absolute Gasteiger partial charge is 0.506 e. The fraction of sp³-hybridized carbons (Fsp3) is 0.333. The number of benzene rings is 1. The molecule has 100 valence electrons.